The summed E-state index contributed by atoms with van der Waals surface area (Å²) in [5.74, 6) is 0.619. The smallest absolute Gasteiger partial charge is 0.238 e. The van der Waals surface area contributed by atoms with Crippen LogP contribution in [0.1, 0.15) is 0 Å². The largest absolute Gasteiger partial charge is 0.500 e. The summed E-state index contributed by atoms with van der Waals surface area (Å²) in [4.78, 5) is 12.5. The fourth-order valence-electron chi connectivity index (χ4n) is 1.56. The highest BCUT2D eigenvalue weighted by Crippen LogP contribution is 2.41. The number of hydrogen-bond acceptors (Lipinski definition) is 3. The molecule has 11 heavy (non-hydrogen) atoms. The van der Waals surface area contributed by atoms with Crippen LogP contribution < -0.4 is 0 Å². The van der Waals surface area contributed by atoms with Gasteiger partial charge in [-0.1, -0.05) is 0 Å². The van der Waals surface area contributed by atoms with Crippen LogP contribution in [-0.4, -0.2) is 35.8 Å². The highest BCUT2D eigenvalue weighted by Gasteiger charge is 2.54. The molecule has 1 saturated heterocycles. The van der Waals surface area contributed by atoms with Gasteiger partial charge in [0, 0.05) is 0 Å². The number of β-lactam (4-membered cyclic amide) rings is 1. The Balaban J connectivity index is 2.11. The quantitative estimate of drug-likeness (QED) is 0.537. The Hall–Kier alpha value is -1.03. The van der Waals surface area contributed by atoms with E-state index in [0.717, 1.165) is 5.76 Å². The van der Waals surface area contributed by atoms with Crippen molar-refractivity contribution in [3.63, 3.8) is 0 Å². The molecular formula is C7H9NO3. The van der Waals surface area contributed by atoms with E-state index in [9.17, 15) is 4.79 Å². The molecule has 4 nitrogen and oxygen atoms in total. The van der Waals surface area contributed by atoms with Gasteiger partial charge in [0.25, 0.3) is 0 Å². The Morgan fingerprint density at radius 2 is 2.55 bits per heavy atom. The number of nitrogens with zero attached hydrogens (tertiary/aromatic N) is 1. The Kier molecular flexibility index (Phi) is 1.20. The molecule has 1 aliphatic carbocycles. The maximum absolute atomic E-state index is 11.1. The van der Waals surface area contributed by atoms with Gasteiger partial charge in [-0.15, -0.1) is 0 Å². The van der Waals surface area contributed by atoms with Gasteiger partial charge >= 0.3 is 0 Å². The van der Waals surface area contributed by atoms with E-state index in [1.54, 1.807) is 7.11 Å². The number of fused-ring (bicyclic) bond motifs is 1. The monoisotopic (exact) mass is 155 g/mol. The van der Waals surface area contributed by atoms with Gasteiger partial charge in [0.2, 0.25) is 5.91 Å². The van der Waals surface area contributed by atoms with Crippen LogP contribution in [0.3, 0.4) is 0 Å². The number of carbonyl (C=O) groups excluding carboxylic acids is 1. The summed E-state index contributed by atoms with van der Waals surface area (Å²) in [6.45, 7) is -0.187. The van der Waals surface area contributed by atoms with Crippen LogP contribution in [0.25, 0.3) is 0 Å². The van der Waals surface area contributed by atoms with E-state index in [4.69, 9.17) is 9.84 Å². The Bertz CT molecular complexity index is 236. The molecule has 0 aromatic carbocycles. The number of carbonyl (C=O) groups is 1. The number of methoxy groups -OCH3 is 1. The molecule has 2 unspecified atom stereocenters. The molecule has 2 rings (SSSR count). The van der Waals surface area contributed by atoms with Gasteiger partial charge in [-0.25, -0.2) is 0 Å². The van der Waals surface area contributed by atoms with E-state index >= 15 is 0 Å². The zero-order valence-electron chi connectivity index (χ0n) is 6.15. The van der Waals surface area contributed by atoms with E-state index in [-0.39, 0.29) is 24.6 Å². The van der Waals surface area contributed by atoms with Crippen molar-refractivity contribution in [1.82, 2.24) is 4.90 Å². The van der Waals surface area contributed by atoms with Crippen LogP contribution in [0.4, 0.5) is 0 Å². The molecule has 0 radical (unpaired) electrons. The van der Waals surface area contributed by atoms with E-state index in [1.165, 1.54) is 4.90 Å². The van der Waals surface area contributed by atoms with E-state index in [1.807, 2.05) is 6.08 Å². The predicted octanol–water partition coefficient (Wildman–Crippen LogP) is -0.693. The third-order valence-corrected chi connectivity index (χ3v) is 2.28. The Morgan fingerprint density at radius 1 is 1.82 bits per heavy atom. The van der Waals surface area contributed by atoms with Crippen molar-refractivity contribution in [3.8, 4) is 0 Å². The van der Waals surface area contributed by atoms with Gasteiger partial charge in [0.15, 0.2) is 0 Å². The molecule has 0 spiro atoms. The first-order chi connectivity index (χ1) is 5.29. The lowest BCUT2D eigenvalue weighted by atomic mass is 9.76. The topological polar surface area (TPSA) is 49.8 Å². The molecule has 2 atom stereocenters. The second kappa shape index (κ2) is 1.98. The zero-order chi connectivity index (χ0) is 8.01. The lowest BCUT2D eigenvalue weighted by Crippen LogP contribution is -2.65. The van der Waals surface area contributed by atoms with Gasteiger partial charge in [-0.2, -0.15) is 0 Å². The average molecular weight is 155 g/mol. The van der Waals surface area contributed by atoms with Crippen LogP contribution >= 0.6 is 0 Å². The van der Waals surface area contributed by atoms with Crippen molar-refractivity contribution in [2.45, 2.75) is 6.04 Å². The number of ether oxygens (including phenoxy) is 1. The molecule has 0 aromatic heterocycles. The van der Waals surface area contributed by atoms with Crippen molar-refractivity contribution >= 4 is 5.91 Å². The fraction of sp³-hybridized carbons (Fsp3) is 0.571. The average Bonchev–Trinajstić information content (AvgIpc) is 1.96. The van der Waals surface area contributed by atoms with Gasteiger partial charge in [0.1, 0.15) is 18.4 Å². The zero-order valence-corrected chi connectivity index (χ0v) is 6.15. The summed E-state index contributed by atoms with van der Waals surface area (Å²) in [5.41, 5.74) is 0. The van der Waals surface area contributed by atoms with Crippen molar-refractivity contribution in [2.24, 2.45) is 5.92 Å². The van der Waals surface area contributed by atoms with E-state index in [2.05, 4.69) is 0 Å². The van der Waals surface area contributed by atoms with Crippen molar-refractivity contribution in [1.29, 1.82) is 0 Å². The van der Waals surface area contributed by atoms with Crippen LogP contribution in [0.2, 0.25) is 0 Å². The predicted molar refractivity (Wildman–Crippen MR) is 36.3 cm³/mol. The molecule has 1 fully saturated rings. The maximum Gasteiger partial charge on any atom is 0.238 e. The van der Waals surface area contributed by atoms with Crippen molar-refractivity contribution < 1.29 is 14.6 Å². The molecule has 1 amide bonds. The summed E-state index contributed by atoms with van der Waals surface area (Å²) in [6, 6.07) is 0.0995. The first-order valence-electron chi connectivity index (χ1n) is 3.46. The molecule has 2 aliphatic rings. The second-order valence-electron chi connectivity index (χ2n) is 2.69. The second-order valence-corrected chi connectivity index (χ2v) is 2.69. The van der Waals surface area contributed by atoms with Gasteiger partial charge in [0.05, 0.1) is 13.2 Å². The molecule has 4 heteroatoms. The molecule has 1 N–H and O–H groups in total. The number of amides is 1. The lowest BCUT2D eigenvalue weighted by Gasteiger charge is -2.50. The third-order valence-electron chi connectivity index (χ3n) is 2.28. The Morgan fingerprint density at radius 3 is 3.00 bits per heavy atom. The van der Waals surface area contributed by atoms with Gasteiger partial charge in [-0.3, -0.25) is 4.79 Å². The highest BCUT2D eigenvalue weighted by molar-refractivity contribution is 5.91. The van der Waals surface area contributed by atoms with Crippen LogP contribution in [0.15, 0.2) is 11.8 Å². The normalized spacial score (nSPS) is 33.5. The van der Waals surface area contributed by atoms with Gasteiger partial charge < -0.3 is 14.7 Å². The molecule has 0 saturated carbocycles. The summed E-state index contributed by atoms with van der Waals surface area (Å²) < 4.78 is 4.92. The Labute approximate surface area is 64.1 Å². The maximum atomic E-state index is 11.1. The number of hydrogen-bond donors (Lipinski definition) is 1. The first kappa shape index (κ1) is 6.67. The molecular weight excluding hydrogens is 146 g/mol. The third kappa shape index (κ3) is 0.599. The lowest BCUT2D eigenvalue weighted by molar-refractivity contribution is -0.163. The molecule has 60 valence electrons. The molecule has 1 aliphatic heterocycles. The van der Waals surface area contributed by atoms with Gasteiger partial charge in [-0.05, 0) is 6.08 Å². The minimum Gasteiger partial charge on any atom is -0.500 e. The van der Waals surface area contributed by atoms with Crippen LogP contribution in [0.5, 0.6) is 0 Å². The number of aliphatic hydroxyl groups excluding tert-OH is 1. The minimum absolute atomic E-state index is 0.0307. The summed E-state index contributed by atoms with van der Waals surface area (Å²) in [5, 5.41) is 8.67. The van der Waals surface area contributed by atoms with Crippen molar-refractivity contribution in [2.75, 3.05) is 13.8 Å². The number of likely N-dealkylation sites (tertiary alicyclic amines) is 1. The minimum atomic E-state index is -0.187. The first-order valence-corrected chi connectivity index (χ1v) is 3.46. The molecule has 0 bridgehead atoms. The SMILES string of the molecule is COC1=CC2C1C(=O)N2CO. The van der Waals surface area contributed by atoms with E-state index < -0.39 is 0 Å². The van der Waals surface area contributed by atoms with E-state index in [0.29, 0.717) is 0 Å². The van der Waals surface area contributed by atoms with Crippen LogP contribution in [-0.2, 0) is 9.53 Å². The number of rotatable bonds is 2. The van der Waals surface area contributed by atoms with Crippen LogP contribution in [0, 0.1) is 5.92 Å². The van der Waals surface area contributed by atoms with Crippen molar-refractivity contribution in [3.05, 3.63) is 11.8 Å². The summed E-state index contributed by atoms with van der Waals surface area (Å²) >= 11 is 0. The standard InChI is InChI=1S/C7H9NO3/c1-11-5-2-4-6(5)7(10)8(4)3-9/h2,4,6,9H,3H2,1H3. The fourth-order valence-corrected chi connectivity index (χ4v) is 1.56. The highest BCUT2D eigenvalue weighted by atomic mass is 16.5. The summed E-state index contributed by atoms with van der Waals surface area (Å²) in [6.07, 6.45) is 1.85. The molecule has 0 aromatic rings. The molecule has 1 heterocycles. The summed E-state index contributed by atoms with van der Waals surface area (Å²) in [7, 11) is 1.55. The number of aliphatic hydroxyl groups is 1.